The summed E-state index contributed by atoms with van der Waals surface area (Å²) in [5, 5.41) is 0. The first kappa shape index (κ1) is 14.7. The highest BCUT2D eigenvalue weighted by atomic mass is 19.1. The van der Waals surface area contributed by atoms with Crippen molar-refractivity contribution in [2.24, 2.45) is 5.84 Å². The van der Waals surface area contributed by atoms with Crippen molar-refractivity contribution in [3.63, 3.8) is 0 Å². The second-order valence-electron chi connectivity index (χ2n) is 5.18. The number of aromatic nitrogens is 1. The van der Waals surface area contributed by atoms with E-state index in [1.54, 1.807) is 4.90 Å². The number of hydrogen-bond acceptors (Lipinski definition) is 5. The number of carbonyl (C=O) groups is 1. The Balaban J connectivity index is 2.19. The van der Waals surface area contributed by atoms with Crippen molar-refractivity contribution in [2.75, 3.05) is 32.6 Å². The average molecular weight is 281 g/mol. The summed E-state index contributed by atoms with van der Waals surface area (Å²) in [7, 11) is 3.98. The molecule has 1 atom stereocenters. The molecule has 6 nitrogen and oxygen atoms in total. The molecule has 20 heavy (non-hydrogen) atoms. The van der Waals surface area contributed by atoms with Crippen molar-refractivity contribution in [1.29, 1.82) is 0 Å². The average Bonchev–Trinajstić information content (AvgIpc) is 2.47. The van der Waals surface area contributed by atoms with Crippen LogP contribution in [-0.2, 0) is 0 Å². The molecule has 1 saturated heterocycles. The number of nitrogen functional groups attached to an aromatic ring is 1. The summed E-state index contributed by atoms with van der Waals surface area (Å²) in [6, 6.07) is 1.70. The normalized spacial score (nSPS) is 19.2. The molecule has 1 aliphatic rings. The predicted octanol–water partition coefficient (Wildman–Crippen LogP) is 0.672. The maximum atomic E-state index is 14.1. The number of pyridine rings is 1. The topological polar surface area (TPSA) is 74.5 Å². The van der Waals surface area contributed by atoms with Gasteiger partial charge in [0.1, 0.15) is 0 Å². The Morgan fingerprint density at radius 3 is 3.00 bits per heavy atom. The Bertz CT molecular complexity index is 494. The Morgan fingerprint density at radius 1 is 1.60 bits per heavy atom. The standard InChI is InChI=1S/C13H20FN5O/c1-18(2)9-4-3-7-19(8-9)13(20)10-5-6-16-12(17-15)11(10)14/h5-6,9H,3-4,7-8,15H2,1-2H3,(H,16,17). The predicted molar refractivity (Wildman–Crippen MR) is 74.6 cm³/mol. The Hall–Kier alpha value is -1.73. The molecular formula is C13H20FN5O. The third-order valence-electron chi connectivity index (χ3n) is 3.67. The van der Waals surface area contributed by atoms with Crippen LogP contribution in [0.3, 0.4) is 0 Å². The number of piperidine rings is 1. The highest BCUT2D eigenvalue weighted by molar-refractivity contribution is 5.95. The molecule has 0 bridgehead atoms. The molecule has 0 aromatic carbocycles. The van der Waals surface area contributed by atoms with Crippen molar-refractivity contribution >= 4 is 11.7 Å². The number of rotatable bonds is 3. The lowest BCUT2D eigenvalue weighted by Gasteiger charge is -2.36. The van der Waals surface area contributed by atoms with E-state index >= 15 is 0 Å². The molecule has 7 heteroatoms. The summed E-state index contributed by atoms with van der Waals surface area (Å²) in [5.74, 6) is 4.05. The van der Waals surface area contributed by atoms with Gasteiger partial charge in [-0.25, -0.2) is 15.2 Å². The van der Waals surface area contributed by atoms with Crippen molar-refractivity contribution in [2.45, 2.75) is 18.9 Å². The Labute approximate surface area is 117 Å². The van der Waals surface area contributed by atoms with Gasteiger partial charge < -0.3 is 15.2 Å². The van der Waals surface area contributed by atoms with Gasteiger partial charge in [0.15, 0.2) is 11.6 Å². The summed E-state index contributed by atoms with van der Waals surface area (Å²) in [4.78, 5) is 19.9. The van der Waals surface area contributed by atoms with E-state index in [0.29, 0.717) is 19.1 Å². The molecule has 2 rings (SSSR count). The minimum absolute atomic E-state index is 0.00681. The van der Waals surface area contributed by atoms with Crippen LogP contribution in [0.4, 0.5) is 10.2 Å². The highest BCUT2D eigenvalue weighted by Crippen LogP contribution is 2.20. The quantitative estimate of drug-likeness (QED) is 0.629. The van der Waals surface area contributed by atoms with E-state index in [-0.39, 0.29) is 17.3 Å². The van der Waals surface area contributed by atoms with Crippen LogP contribution in [0, 0.1) is 5.82 Å². The highest BCUT2D eigenvalue weighted by Gasteiger charge is 2.27. The SMILES string of the molecule is CN(C)C1CCCN(C(=O)c2ccnc(NN)c2F)C1. The van der Waals surface area contributed by atoms with Crippen LogP contribution in [-0.4, -0.2) is 53.9 Å². The van der Waals surface area contributed by atoms with E-state index in [0.717, 1.165) is 12.8 Å². The summed E-state index contributed by atoms with van der Waals surface area (Å²) >= 11 is 0. The van der Waals surface area contributed by atoms with E-state index in [1.165, 1.54) is 12.3 Å². The van der Waals surface area contributed by atoms with Gasteiger partial charge in [0.05, 0.1) is 5.56 Å². The summed E-state index contributed by atoms with van der Waals surface area (Å²) in [6.45, 7) is 1.26. The second kappa shape index (κ2) is 6.15. The van der Waals surface area contributed by atoms with Crippen LogP contribution in [0.1, 0.15) is 23.2 Å². The number of likely N-dealkylation sites (tertiary alicyclic amines) is 1. The van der Waals surface area contributed by atoms with E-state index in [4.69, 9.17) is 5.84 Å². The number of carbonyl (C=O) groups excluding carboxylic acids is 1. The smallest absolute Gasteiger partial charge is 0.257 e. The fourth-order valence-corrected chi connectivity index (χ4v) is 2.44. The van der Waals surface area contributed by atoms with Crippen molar-refractivity contribution < 1.29 is 9.18 Å². The van der Waals surface area contributed by atoms with Gasteiger partial charge in [-0.15, -0.1) is 0 Å². The molecular weight excluding hydrogens is 261 g/mol. The molecule has 0 saturated carbocycles. The van der Waals surface area contributed by atoms with Gasteiger partial charge in [-0.2, -0.15) is 0 Å². The number of hydrogen-bond donors (Lipinski definition) is 2. The number of hydrazine groups is 1. The molecule has 0 spiro atoms. The number of nitrogens with one attached hydrogen (secondary N) is 1. The minimum atomic E-state index is -0.702. The van der Waals surface area contributed by atoms with Gasteiger partial charge in [0.25, 0.3) is 5.91 Å². The van der Waals surface area contributed by atoms with Gasteiger partial charge in [0.2, 0.25) is 0 Å². The van der Waals surface area contributed by atoms with Crippen molar-refractivity contribution in [1.82, 2.24) is 14.8 Å². The lowest BCUT2D eigenvalue weighted by Crippen LogP contribution is -2.47. The zero-order valence-corrected chi connectivity index (χ0v) is 11.8. The number of likely N-dealkylation sites (N-methyl/N-ethyl adjacent to an activating group) is 1. The van der Waals surface area contributed by atoms with Gasteiger partial charge in [-0.1, -0.05) is 0 Å². The number of amides is 1. The molecule has 2 heterocycles. The molecule has 1 aliphatic heterocycles. The third kappa shape index (κ3) is 2.88. The number of anilines is 1. The Kier molecular flexibility index (Phi) is 4.51. The van der Waals surface area contributed by atoms with E-state index in [9.17, 15) is 9.18 Å². The lowest BCUT2D eigenvalue weighted by molar-refractivity contribution is 0.0630. The maximum absolute atomic E-state index is 14.1. The van der Waals surface area contributed by atoms with E-state index in [1.807, 2.05) is 14.1 Å². The first-order valence-electron chi connectivity index (χ1n) is 6.61. The van der Waals surface area contributed by atoms with E-state index < -0.39 is 5.82 Å². The monoisotopic (exact) mass is 281 g/mol. The van der Waals surface area contributed by atoms with Gasteiger partial charge in [-0.3, -0.25) is 4.79 Å². The van der Waals surface area contributed by atoms with Crippen molar-refractivity contribution in [3.05, 3.63) is 23.6 Å². The first-order valence-corrected chi connectivity index (χ1v) is 6.61. The van der Waals surface area contributed by atoms with Crippen LogP contribution >= 0.6 is 0 Å². The largest absolute Gasteiger partial charge is 0.337 e. The molecule has 0 aliphatic carbocycles. The van der Waals surface area contributed by atoms with Crippen LogP contribution < -0.4 is 11.3 Å². The molecule has 1 amide bonds. The van der Waals surface area contributed by atoms with Crippen LogP contribution in [0.5, 0.6) is 0 Å². The van der Waals surface area contributed by atoms with Gasteiger partial charge >= 0.3 is 0 Å². The molecule has 1 aromatic rings. The first-order chi connectivity index (χ1) is 9.54. The van der Waals surface area contributed by atoms with Gasteiger partial charge in [0, 0.05) is 25.3 Å². The summed E-state index contributed by atoms with van der Waals surface area (Å²) < 4.78 is 14.1. The van der Waals surface area contributed by atoms with Crippen molar-refractivity contribution in [3.8, 4) is 0 Å². The minimum Gasteiger partial charge on any atom is -0.337 e. The molecule has 110 valence electrons. The molecule has 1 aromatic heterocycles. The maximum Gasteiger partial charge on any atom is 0.257 e. The molecule has 1 unspecified atom stereocenters. The number of halogens is 1. The fourth-order valence-electron chi connectivity index (χ4n) is 2.44. The zero-order chi connectivity index (χ0) is 14.7. The zero-order valence-electron chi connectivity index (χ0n) is 11.8. The fraction of sp³-hybridized carbons (Fsp3) is 0.538. The third-order valence-corrected chi connectivity index (χ3v) is 3.67. The Morgan fingerprint density at radius 2 is 2.35 bits per heavy atom. The summed E-state index contributed by atoms with van der Waals surface area (Å²) in [5.41, 5.74) is 2.16. The molecule has 1 fully saturated rings. The molecule has 0 radical (unpaired) electrons. The lowest BCUT2D eigenvalue weighted by atomic mass is 10.0. The van der Waals surface area contributed by atoms with Gasteiger partial charge in [-0.05, 0) is 33.0 Å². The summed E-state index contributed by atoms with van der Waals surface area (Å²) in [6.07, 6.45) is 3.34. The van der Waals surface area contributed by atoms with Crippen LogP contribution in [0.25, 0.3) is 0 Å². The van der Waals surface area contributed by atoms with Crippen LogP contribution in [0.2, 0.25) is 0 Å². The van der Waals surface area contributed by atoms with Crippen LogP contribution in [0.15, 0.2) is 12.3 Å². The number of nitrogens with two attached hydrogens (primary N) is 1. The molecule has 3 N–H and O–H groups in total. The number of nitrogens with zero attached hydrogens (tertiary/aromatic N) is 3. The second-order valence-corrected chi connectivity index (χ2v) is 5.18. The van der Waals surface area contributed by atoms with E-state index in [2.05, 4.69) is 15.3 Å².